The van der Waals surface area contributed by atoms with E-state index in [9.17, 15) is 4.79 Å². The third-order valence-corrected chi connectivity index (χ3v) is 2.87. The second-order valence-electron chi connectivity index (χ2n) is 3.01. The fraction of sp³-hybridized carbons (Fsp3) is 0. The van der Waals surface area contributed by atoms with Gasteiger partial charge in [-0.05, 0) is 30.0 Å². The summed E-state index contributed by atoms with van der Waals surface area (Å²) in [5, 5.41) is 18.0. The molecular weight excluding hydrogens is 240 g/mol. The first-order valence-corrected chi connectivity index (χ1v) is 5.37. The van der Waals surface area contributed by atoms with Gasteiger partial charge in [0.25, 0.3) is 0 Å². The molecule has 0 bridgehead atoms. The molecule has 1 N–H and O–H groups in total. The van der Waals surface area contributed by atoms with Crippen LogP contribution in [0, 0.1) is 11.3 Å². The molecule has 84 valence electrons. The van der Waals surface area contributed by atoms with E-state index < -0.39 is 5.97 Å². The Kier molecular flexibility index (Phi) is 3.12. The number of nitrogens with zero attached hydrogens (tertiary/aromatic N) is 2. The van der Waals surface area contributed by atoms with Crippen molar-refractivity contribution in [3.8, 4) is 6.07 Å². The lowest BCUT2D eigenvalue weighted by atomic mass is 10.3. The van der Waals surface area contributed by atoms with Crippen molar-refractivity contribution in [3.63, 3.8) is 0 Å². The van der Waals surface area contributed by atoms with E-state index in [0.717, 1.165) is 11.8 Å². The number of carboxylic acid groups (broad SMARTS) is 1. The van der Waals surface area contributed by atoms with E-state index >= 15 is 0 Å². The Bertz CT molecular complexity index is 601. The molecule has 0 aliphatic carbocycles. The molecule has 0 aliphatic rings. The number of aromatic carboxylic acids is 1. The normalized spacial score (nSPS) is 9.82. The van der Waals surface area contributed by atoms with Gasteiger partial charge in [-0.2, -0.15) is 5.26 Å². The Balaban J connectivity index is 2.26. The Morgan fingerprint density at radius 2 is 2.29 bits per heavy atom. The van der Waals surface area contributed by atoms with Crippen molar-refractivity contribution < 1.29 is 14.3 Å². The van der Waals surface area contributed by atoms with Gasteiger partial charge in [0.1, 0.15) is 6.07 Å². The van der Waals surface area contributed by atoms with Crippen LogP contribution >= 0.6 is 11.8 Å². The van der Waals surface area contributed by atoms with E-state index in [2.05, 4.69) is 4.98 Å². The van der Waals surface area contributed by atoms with E-state index in [1.54, 1.807) is 12.1 Å². The lowest BCUT2D eigenvalue weighted by Gasteiger charge is -1.98. The number of nitriles is 1. The first-order valence-electron chi connectivity index (χ1n) is 4.56. The van der Waals surface area contributed by atoms with E-state index in [-0.39, 0.29) is 5.76 Å². The highest BCUT2D eigenvalue weighted by Crippen LogP contribution is 2.30. The zero-order valence-corrected chi connectivity index (χ0v) is 9.27. The van der Waals surface area contributed by atoms with Crippen molar-refractivity contribution in [2.24, 2.45) is 0 Å². The van der Waals surface area contributed by atoms with E-state index in [1.807, 2.05) is 6.07 Å². The number of furan rings is 1. The Morgan fingerprint density at radius 3 is 2.94 bits per heavy atom. The topological polar surface area (TPSA) is 87.1 Å². The molecule has 0 saturated heterocycles. The van der Waals surface area contributed by atoms with Crippen LogP contribution in [0.2, 0.25) is 0 Å². The summed E-state index contributed by atoms with van der Waals surface area (Å²) in [4.78, 5) is 15.1. The summed E-state index contributed by atoms with van der Waals surface area (Å²) in [6.07, 6.45) is 3.06. The molecule has 0 atom stereocenters. The van der Waals surface area contributed by atoms with Crippen LogP contribution in [-0.4, -0.2) is 16.1 Å². The van der Waals surface area contributed by atoms with E-state index in [4.69, 9.17) is 14.8 Å². The van der Waals surface area contributed by atoms with Gasteiger partial charge in [0.15, 0.2) is 5.09 Å². The van der Waals surface area contributed by atoms with Crippen LogP contribution in [0.15, 0.2) is 45.0 Å². The van der Waals surface area contributed by atoms with Gasteiger partial charge in [-0.25, -0.2) is 4.79 Å². The number of carbonyl (C=O) groups is 1. The van der Waals surface area contributed by atoms with Crippen LogP contribution in [0.5, 0.6) is 0 Å². The Labute approximate surface area is 101 Å². The zero-order chi connectivity index (χ0) is 12.3. The third kappa shape index (κ3) is 2.46. The largest absolute Gasteiger partial charge is 0.475 e. The smallest absolute Gasteiger partial charge is 0.371 e. The van der Waals surface area contributed by atoms with Crippen molar-refractivity contribution in [1.29, 1.82) is 5.26 Å². The molecule has 0 aromatic carbocycles. The van der Waals surface area contributed by atoms with E-state index in [0.29, 0.717) is 15.6 Å². The number of hydrogen-bond donors (Lipinski definition) is 1. The molecule has 2 rings (SSSR count). The summed E-state index contributed by atoms with van der Waals surface area (Å²) >= 11 is 1.16. The molecule has 0 saturated carbocycles. The van der Waals surface area contributed by atoms with Crippen LogP contribution in [0.1, 0.15) is 16.1 Å². The van der Waals surface area contributed by atoms with Crippen molar-refractivity contribution in [1.82, 2.24) is 4.98 Å². The summed E-state index contributed by atoms with van der Waals surface area (Å²) in [5.74, 6) is -1.25. The Hall–Kier alpha value is -2.26. The molecule has 17 heavy (non-hydrogen) atoms. The molecule has 0 unspecified atom stereocenters. The monoisotopic (exact) mass is 246 g/mol. The van der Waals surface area contributed by atoms with Crippen molar-refractivity contribution in [2.75, 3.05) is 0 Å². The number of pyridine rings is 1. The van der Waals surface area contributed by atoms with Gasteiger partial charge in [-0.1, -0.05) is 0 Å². The van der Waals surface area contributed by atoms with Crippen LogP contribution < -0.4 is 0 Å². The quantitative estimate of drug-likeness (QED) is 0.894. The predicted octanol–water partition coefficient (Wildman–Crippen LogP) is 2.40. The summed E-state index contributed by atoms with van der Waals surface area (Å²) in [5.41, 5.74) is 0.471. The third-order valence-electron chi connectivity index (χ3n) is 1.91. The number of aromatic nitrogens is 1. The lowest BCUT2D eigenvalue weighted by molar-refractivity contribution is 0.0656. The lowest BCUT2D eigenvalue weighted by Crippen LogP contribution is -1.91. The van der Waals surface area contributed by atoms with Gasteiger partial charge < -0.3 is 9.52 Å². The Morgan fingerprint density at radius 1 is 1.47 bits per heavy atom. The first-order chi connectivity index (χ1) is 8.20. The molecule has 0 amide bonds. The van der Waals surface area contributed by atoms with Crippen LogP contribution in [0.3, 0.4) is 0 Å². The van der Waals surface area contributed by atoms with Gasteiger partial charge in [-0.15, -0.1) is 0 Å². The maximum atomic E-state index is 10.6. The SMILES string of the molecule is N#Cc1ccncc1Sc1ccc(C(=O)O)o1. The first kappa shape index (κ1) is 11.2. The molecule has 5 nitrogen and oxygen atoms in total. The molecule has 0 aliphatic heterocycles. The average Bonchev–Trinajstić information content (AvgIpc) is 2.78. The molecule has 0 radical (unpaired) electrons. The molecule has 2 heterocycles. The summed E-state index contributed by atoms with van der Waals surface area (Å²) < 4.78 is 5.07. The molecule has 6 heteroatoms. The number of hydrogen-bond acceptors (Lipinski definition) is 5. The van der Waals surface area contributed by atoms with Crippen LogP contribution in [-0.2, 0) is 0 Å². The summed E-state index contributed by atoms with van der Waals surface area (Å²) in [7, 11) is 0. The highest BCUT2D eigenvalue weighted by atomic mass is 32.2. The second kappa shape index (κ2) is 4.72. The summed E-state index contributed by atoms with van der Waals surface area (Å²) in [6, 6.07) is 6.53. The van der Waals surface area contributed by atoms with Gasteiger partial charge in [0.2, 0.25) is 5.76 Å². The maximum Gasteiger partial charge on any atom is 0.371 e. The standard InChI is InChI=1S/C11H6N2O3S/c12-5-7-3-4-13-6-9(7)17-10-2-1-8(16-10)11(14)15/h1-4,6H,(H,14,15). The fourth-order valence-electron chi connectivity index (χ4n) is 1.15. The maximum absolute atomic E-state index is 10.6. The van der Waals surface area contributed by atoms with Gasteiger partial charge in [0.05, 0.1) is 10.5 Å². The minimum absolute atomic E-state index is 0.130. The molecule has 2 aromatic rings. The van der Waals surface area contributed by atoms with Crippen molar-refractivity contribution in [3.05, 3.63) is 41.9 Å². The number of carboxylic acids is 1. The summed E-state index contributed by atoms with van der Waals surface area (Å²) in [6.45, 7) is 0. The van der Waals surface area contributed by atoms with Gasteiger partial charge in [-0.3, -0.25) is 4.98 Å². The van der Waals surface area contributed by atoms with Gasteiger partial charge in [0, 0.05) is 12.4 Å². The second-order valence-corrected chi connectivity index (χ2v) is 4.06. The van der Waals surface area contributed by atoms with Crippen molar-refractivity contribution >= 4 is 17.7 Å². The fourth-order valence-corrected chi connectivity index (χ4v) is 1.97. The predicted molar refractivity (Wildman–Crippen MR) is 58.7 cm³/mol. The van der Waals surface area contributed by atoms with Crippen molar-refractivity contribution in [2.45, 2.75) is 9.99 Å². The average molecular weight is 246 g/mol. The molecule has 2 aromatic heterocycles. The molecular formula is C11H6N2O3S. The minimum atomic E-state index is -1.12. The highest BCUT2D eigenvalue weighted by molar-refractivity contribution is 7.99. The van der Waals surface area contributed by atoms with Gasteiger partial charge >= 0.3 is 5.97 Å². The number of rotatable bonds is 3. The molecule has 0 fully saturated rings. The zero-order valence-electron chi connectivity index (χ0n) is 8.45. The molecule has 0 spiro atoms. The highest BCUT2D eigenvalue weighted by Gasteiger charge is 2.11. The van der Waals surface area contributed by atoms with Crippen LogP contribution in [0.4, 0.5) is 0 Å². The minimum Gasteiger partial charge on any atom is -0.475 e. The van der Waals surface area contributed by atoms with Crippen LogP contribution in [0.25, 0.3) is 0 Å². The van der Waals surface area contributed by atoms with E-state index in [1.165, 1.54) is 18.5 Å².